The zero-order valence-electron chi connectivity index (χ0n) is 15.5. The van der Waals surface area contributed by atoms with Gasteiger partial charge in [0.25, 0.3) is 11.8 Å². The maximum atomic E-state index is 12.7. The molecule has 142 valence electrons. The maximum absolute atomic E-state index is 12.7. The van der Waals surface area contributed by atoms with E-state index >= 15 is 0 Å². The van der Waals surface area contributed by atoms with E-state index < -0.39 is 5.91 Å². The number of fused-ring (bicyclic) bond motifs is 1. The number of benzene rings is 2. The van der Waals surface area contributed by atoms with Gasteiger partial charge in [0.05, 0.1) is 5.56 Å². The molecule has 1 aliphatic carbocycles. The van der Waals surface area contributed by atoms with E-state index in [4.69, 9.17) is 5.73 Å². The van der Waals surface area contributed by atoms with Gasteiger partial charge in [0.2, 0.25) is 0 Å². The van der Waals surface area contributed by atoms with Crippen LogP contribution in [0.25, 0.3) is 0 Å². The van der Waals surface area contributed by atoms with Gasteiger partial charge in [0.15, 0.2) is 0 Å². The van der Waals surface area contributed by atoms with Crippen LogP contribution in [0, 0.1) is 0 Å². The third-order valence-electron chi connectivity index (χ3n) is 5.11. The Morgan fingerprint density at radius 2 is 1.61 bits per heavy atom. The highest BCUT2D eigenvalue weighted by molar-refractivity contribution is 7.17. The van der Waals surface area contributed by atoms with Gasteiger partial charge in [-0.15, -0.1) is 11.3 Å². The van der Waals surface area contributed by atoms with E-state index in [1.165, 1.54) is 21.8 Å². The Kier molecular flexibility index (Phi) is 5.26. The zero-order chi connectivity index (χ0) is 19.5. The number of primary amides is 1. The second-order valence-electron chi connectivity index (χ2n) is 7.09. The second-order valence-corrected chi connectivity index (χ2v) is 8.20. The Morgan fingerprint density at radius 1 is 0.929 bits per heavy atom. The number of nitrogens with two attached hydrogens (primary N) is 1. The SMILES string of the molecule is NC(=O)c1c(NC(=O)c2ccc(Cc3ccccc3)cc2)sc2c1CCCC2. The van der Waals surface area contributed by atoms with Gasteiger partial charge < -0.3 is 11.1 Å². The second kappa shape index (κ2) is 7.98. The molecule has 1 aliphatic rings. The molecule has 0 aliphatic heterocycles. The fourth-order valence-electron chi connectivity index (χ4n) is 3.70. The van der Waals surface area contributed by atoms with Crippen molar-refractivity contribution in [2.24, 2.45) is 5.73 Å². The first kappa shape index (κ1) is 18.4. The minimum atomic E-state index is -0.465. The number of amides is 2. The highest BCUT2D eigenvalue weighted by atomic mass is 32.1. The number of anilines is 1. The van der Waals surface area contributed by atoms with E-state index in [-0.39, 0.29) is 5.91 Å². The fraction of sp³-hybridized carbons (Fsp3) is 0.217. The zero-order valence-corrected chi connectivity index (χ0v) is 16.4. The highest BCUT2D eigenvalue weighted by Gasteiger charge is 2.25. The summed E-state index contributed by atoms with van der Waals surface area (Å²) in [5.74, 6) is -0.680. The molecule has 28 heavy (non-hydrogen) atoms. The number of carbonyl (C=O) groups excluding carboxylic acids is 2. The molecule has 2 amide bonds. The Bertz CT molecular complexity index is 1010. The summed E-state index contributed by atoms with van der Waals surface area (Å²) in [6.07, 6.45) is 4.80. The largest absolute Gasteiger partial charge is 0.365 e. The molecule has 1 aromatic heterocycles. The first-order valence-electron chi connectivity index (χ1n) is 9.50. The van der Waals surface area contributed by atoms with E-state index in [1.807, 2.05) is 42.5 Å². The minimum absolute atomic E-state index is 0.215. The summed E-state index contributed by atoms with van der Waals surface area (Å²) in [6, 6.07) is 17.8. The summed E-state index contributed by atoms with van der Waals surface area (Å²) in [4.78, 5) is 25.9. The van der Waals surface area contributed by atoms with Gasteiger partial charge in [-0.25, -0.2) is 0 Å². The predicted octanol–water partition coefficient (Wildman–Crippen LogP) is 4.57. The molecular formula is C23H22N2O2S. The molecule has 4 nitrogen and oxygen atoms in total. The molecule has 0 radical (unpaired) electrons. The molecule has 5 heteroatoms. The molecule has 0 bridgehead atoms. The lowest BCUT2D eigenvalue weighted by atomic mass is 9.95. The summed E-state index contributed by atoms with van der Waals surface area (Å²) >= 11 is 1.49. The number of nitrogens with one attached hydrogen (secondary N) is 1. The lowest BCUT2D eigenvalue weighted by Crippen LogP contribution is -2.18. The number of aryl methyl sites for hydroxylation is 1. The summed E-state index contributed by atoms with van der Waals surface area (Å²) in [5.41, 5.74) is 10.1. The van der Waals surface area contributed by atoms with Crippen LogP contribution < -0.4 is 11.1 Å². The average molecular weight is 391 g/mol. The van der Waals surface area contributed by atoms with E-state index in [9.17, 15) is 9.59 Å². The van der Waals surface area contributed by atoms with Crippen LogP contribution in [-0.2, 0) is 19.3 Å². The molecule has 0 unspecified atom stereocenters. The normalized spacial score (nSPS) is 13.0. The molecule has 1 heterocycles. The number of hydrogen-bond donors (Lipinski definition) is 2. The lowest BCUT2D eigenvalue weighted by molar-refractivity contribution is 0.100. The van der Waals surface area contributed by atoms with Gasteiger partial charge >= 0.3 is 0 Å². The Balaban J connectivity index is 1.51. The van der Waals surface area contributed by atoms with E-state index in [0.717, 1.165) is 43.2 Å². The monoisotopic (exact) mass is 390 g/mol. The lowest BCUT2D eigenvalue weighted by Gasteiger charge is -2.11. The van der Waals surface area contributed by atoms with Gasteiger partial charge in [0.1, 0.15) is 5.00 Å². The summed E-state index contributed by atoms with van der Waals surface area (Å²) in [6.45, 7) is 0. The van der Waals surface area contributed by atoms with Crippen LogP contribution in [0.15, 0.2) is 54.6 Å². The number of rotatable bonds is 5. The van der Waals surface area contributed by atoms with E-state index in [1.54, 1.807) is 0 Å². The number of thiophene rings is 1. The summed E-state index contributed by atoms with van der Waals surface area (Å²) in [5, 5.41) is 3.49. The maximum Gasteiger partial charge on any atom is 0.256 e. The van der Waals surface area contributed by atoms with Gasteiger partial charge in [-0.3, -0.25) is 9.59 Å². The summed E-state index contributed by atoms with van der Waals surface area (Å²) < 4.78 is 0. The average Bonchev–Trinajstić information content (AvgIpc) is 3.07. The first-order valence-corrected chi connectivity index (χ1v) is 10.3. The van der Waals surface area contributed by atoms with Crippen LogP contribution in [0.4, 0.5) is 5.00 Å². The quantitative estimate of drug-likeness (QED) is 0.670. The number of hydrogen-bond acceptors (Lipinski definition) is 3. The smallest absolute Gasteiger partial charge is 0.256 e. The van der Waals surface area contributed by atoms with Crippen molar-refractivity contribution in [1.29, 1.82) is 0 Å². The highest BCUT2D eigenvalue weighted by Crippen LogP contribution is 2.38. The van der Waals surface area contributed by atoms with E-state index in [2.05, 4.69) is 17.4 Å². The predicted molar refractivity (Wildman–Crippen MR) is 113 cm³/mol. The molecule has 0 saturated heterocycles. The molecule has 4 rings (SSSR count). The third-order valence-corrected chi connectivity index (χ3v) is 6.32. The first-order chi connectivity index (χ1) is 13.6. The van der Waals surface area contributed by atoms with Crippen LogP contribution in [0.1, 0.15) is 55.1 Å². The van der Waals surface area contributed by atoms with Crippen molar-refractivity contribution in [2.75, 3.05) is 5.32 Å². The van der Waals surface area contributed by atoms with Crippen molar-refractivity contribution in [1.82, 2.24) is 0 Å². The van der Waals surface area contributed by atoms with Gasteiger partial charge in [-0.1, -0.05) is 42.5 Å². The molecule has 0 spiro atoms. The van der Waals surface area contributed by atoms with E-state index in [0.29, 0.717) is 16.1 Å². The number of carbonyl (C=O) groups is 2. The van der Waals surface area contributed by atoms with Crippen LogP contribution in [0.3, 0.4) is 0 Å². The standard InChI is InChI=1S/C23H22N2O2S/c24-21(26)20-18-8-4-5-9-19(18)28-23(20)25-22(27)17-12-10-16(11-13-17)14-15-6-2-1-3-7-15/h1-3,6-7,10-13H,4-5,8-9,14H2,(H2,24,26)(H,25,27). The van der Waals surface area contributed by atoms with Crippen molar-refractivity contribution in [2.45, 2.75) is 32.1 Å². The molecule has 0 atom stereocenters. The molecule has 2 aromatic carbocycles. The van der Waals surface area contributed by atoms with Gasteiger partial charge in [-0.05, 0) is 60.9 Å². The van der Waals surface area contributed by atoms with Crippen LogP contribution >= 0.6 is 11.3 Å². The van der Waals surface area contributed by atoms with Crippen molar-refractivity contribution in [3.63, 3.8) is 0 Å². The molecule has 3 aromatic rings. The van der Waals surface area contributed by atoms with Gasteiger partial charge in [-0.2, -0.15) is 0 Å². The Hall–Kier alpha value is -2.92. The van der Waals surface area contributed by atoms with Crippen molar-refractivity contribution in [3.8, 4) is 0 Å². The van der Waals surface area contributed by atoms with Crippen molar-refractivity contribution >= 4 is 28.2 Å². The van der Waals surface area contributed by atoms with Crippen LogP contribution in [-0.4, -0.2) is 11.8 Å². The Morgan fingerprint density at radius 3 is 2.32 bits per heavy atom. The van der Waals surface area contributed by atoms with Crippen molar-refractivity contribution in [3.05, 3.63) is 87.3 Å². The molecule has 0 fully saturated rings. The van der Waals surface area contributed by atoms with Crippen LogP contribution in [0.5, 0.6) is 0 Å². The molecule has 3 N–H and O–H groups in total. The minimum Gasteiger partial charge on any atom is -0.365 e. The third kappa shape index (κ3) is 3.85. The fourth-order valence-corrected chi connectivity index (χ4v) is 4.99. The van der Waals surface area contributed by atoms with Gasteiger partial charge in [0, 0.05) is 10.4 Å². The van der Waals surface area contributed by atoms with Crippen LogP contribution in [0.2, 0.25) is 0 Å². The molecule has 0 saturated carbocycles. The van der Waals surface area contributed by atoms with Crippen molar-refractivity contribution < 1.29 is 9.59 Å². The Labute approximate surface area is 168 Å². The topological polar surface area (TPSA) is 72.2 Å². The molecular weight excluding hydrogens is 368 g/mol. The summed E-state index contributed by atoms with van der Waals surface area (Å²) in [7, 11) is 0.